The molecule has 3 rings (SSSR count). The molecule has 0 spiro atoms. The lowest BCUT2D eigenvalue weighted by Gasteiger charge is -2.17. The molecule has 0 saturated carbocycles. The first-order chi connectivity index (χ1) is 10.7. The first kappa shape index (κ1) is 14.3. The second-order valence-electron chi connectivity index (χ2n) is 5.45. The first-order valence-electron chi connectivity index (χ1n) is 7.39. The highest BCUT2D eigenvalue weighted by Crippen LogP contribution is 2.21. The summed E-state index contributed by atoms with van der Waals surface area (Å²) >= 11 is 0. The van der Waals surface area contributed by atoms with Gasteiger partial charge in [-0.3, -0.25) is 4.79 Å². The van der Waals surface area contributed by atoms with Crippen molar-refractivity contribution in [2.24, 2.45) is 0 Å². The van der Waals surface area contributed by atoms with Crippen LogP contribution in [0.3, 0.4) is 0 Å². The van der Waals surface area contributed by atoms with E-state index >= 15 is 0 Å². The van der Waals surface area contributed by atoms with Gasteiger partial charge in [-0.15, -0.1) is 0 Å². The molecule has 112 valence electrons. The molecule has 2 aromatic rings. The molecular formula is C16H17N5O. The van der Waals surface area contributed by atoms with Crippen LogP contribution in [-0.4, -0.2) is 20.9 Å². The van der Waals surface area contributed by atoms with E-state index in [0.29, 0.717) is 17.1 Å². The predicted octanol–water partition coefficient (Wildman–Crippen LogP) is 1.79. The highest BCUT2D eigenvalue weighted by atomic mass is 16.1. The van der Waals surface area contributed by atoms with Crippen LogP contribution in [0.15, 0.2) is 12.3 Å². The minimum Gasteiger partial charge on any atom is -0.356 e. The highest BCUT2D eigenvalue weighted by Gasteiger charge is 2.16. The number of fused-ring (bicyclic) bond motifs is 1. The van der Waals surface area contributed by atoms with Crippen LogP contribution < -0.4 is 5.32 Å². The van der Waals surface area contributed by atoms with E-state index in [1.165, 1.54) is 24.2 Å². The van der Waals surface area contributed by atoms with Crippen molar-refractivity contribution in [3.05, 3.63) is 46.3 Å². The maximum Gasteiger partial charge on any atom is 0.268 e. The predicted molar refractivity (Wildman–Crippen MR) is 80.1 cm³/mol. The van der Waals surface area contributed by atoms with Gasteiger partial charge >= 0.3 is 0 Å². The summed E-state index contributed by atoms with van der Waals surface area (Å²) in [5, 5.41) is 11.5. The molecule has 22 heavy (non-hydrogen) atoms. The first-order valence-corrected chi connectivity index (χ1v) is 7.39. The second-order valence-corrected chi connectivity index (χ2v) is 5.45. The Morgan fingerprint density at radius 1 is 1.41 bits per heavy atom. The van der Waals surface area contributed by atoms with Gasteiger partial charge in [0.05, 0.1) is 12.1 Å². The van der Waals surface area contributed by atoms with E-state index in [2.05, 4.69) is 20.3 Å². The van der Waals surface area contributed by atoms with Crippen molar-refractivity contribution in [3.63, 3.8) is 0 Å². The van der Waals surface area contributed by atoms with E-state index in [-0.39, 0.29) is 12.5 Å². The molecule has 0 atom stereocenters. The van der Waals surface area contributed by atoms with Crippen LogP contribution in [0.5, 0.6) is 0 Å². The molecule has 6 heteroatoms. The Hall–Kier alpha value is -2.68. The van der Waals surface area contributed by atoms with Crippen molar-refractivity contribution in [1.29, 1.82) is 5.26 Å². The zero-order chi connectivity index (χ0) is 15.5. The summed E-state index contributed by atoms with van der Waals surface area (Å²) in [5.74, 6) is 0.374. The average Bonchev–Trinajstić information content (AvgIpc) is 3.02. The standard InChI is InChI=1S/C16H17N5O/c1-10-12-4-2-3-5-13(12)21-15(20-10)9-19-16(22)14-6-11(7-17)8-18-14/h6,8,18H,2-5,9H2,1H3,(H,19,22). The summed E-state index contributed by atoms with van der Waals surface area (Å²) in [6.45, 7) is 2.29. The molecule has 2 aromatic heterocycles. The largest absolute Gasteiger partial charge is 0.356 e. The number of nitrogens with one attached hydrogen (secondary N) is 2. The van der Waals surface area contributed by atoms with Crippen molar-refractivity contribution < 1.29 is 4.79 Å². The molecule has 0 aliphatic heterocycles. The topological polar surface area (TPSA) is 94.5 Å². The highest BCUT2D eigenvalue weighted by molar-refractivity contribution is 5.92. The number of H-pyrrole nitrogens is 1. The Kier molecular flexibility index (Phi) is 3.88. The Morgan fingerprint density at radius 3 is 3.00 bits per heavy atom. The van der Waals surface area contributed by atoms with Crippen molar-refractivity contribution >= 4 is 5.91 Å². The Bertz CT molecular complexity index is 756. The van der Waals surface area contributed by atoms with Crippen LogP contribution in [0.2, 0.25) is 0 Å². The van der Waals surface area contributed by atoms with Gasteiger partial charge in [0.1, 0.15) is 17.6 Å². The van der Waals surface area contributed by atoms with Crippen molar-refractivity contribution in [2.45, 2.75) is 39.2 Å². The molecule has 2 heterocycles. The summed E-state index contributed by atoms with van der Waals surface area (Å²) < 4.78 is 0. The van der Waals surface area contributed by atoms with Crippen molar-refractivity contribution in [3.8, 4) is 6.07 Å². The number of hydrogen-bond donors (Lipinski definition) is 2. The van der Waals surface area contributed by atoms with Crippen LogP contribution in [-0.2, 0) is 19.4 Å². The summed E-state index contributed by atoms with van der Waals surface area (Å²) in [4.78, 5) is 23.9. The monoisotopic (exact) mass is 295 g/mol. The second kappa shape index (κ2) is 5.98. The quantitative estimate of drug-likeness (QED) is 0.902. The van der Waals surface area contributed by atoms with Crippen LogP contribution in [0, 0.1) is 18.3 Å². The molecule has 0 radical (unpaired) electrons. The Balaban J connectivity index is 1.70. The van der Waals surface area contributed by atoms with E-state index < -0.39 is 0 Å². The normalized spacial score (nSPS) is 13.3. The van der Waals surface area contributed by atoms with Gasteiger partial charge in [-0.1, -0.05) is 0 Å². The van der Waals surface area contributed by atoms with Crippen LogP contribution in [0.1, 0.15) is 51.7 Å². The molecule has 1 aliphatic carbocycles. The molecule has 0 aromatic carbocycles. The number of nitriles is 1. The zero-order valence-electron chi connectivity index (χ0n) is 12.4. The molecule has 0 bridgehead atoms. The van der Waals surface area contributed by atoms with Crippen molar-refractivity contribution in [2.75, 3.05) is 0 Å². The number of hydrogen-bond acceptors (Lipinski definition) is 4. The van der Waals surface area contributed by atoms with Gasteiger partial charge in [-0.2, -0.15) is 5.26 Å². The van der Waals surface area contributed by atoms with E-state index in [9.17, 15) is 4.79 Å². The Labute approximate surface area is 128 Å². The number of carbonyl (C=O) groups is 1. The van der Waals surface area contributed by atoms with E-state index in [1.54, 1.807) is 0 Å². The van der Waals surface area contributed by atoms with Crippen LogP contribution >= 0.6 is 0 Å². The van der Waals surface area contributed by atoms with E-state index in [0.717, 1.165) is 30.7 Å². The summed E-state index contributed by atoms with van der Waals surface area (Å²) in [6.07, 6.45) is 5.90. The number of aryl methyl sites for hydroxylation is 2. The maximum absolute atomic E-state index is 12.0. The number of amides is 1. The summed E-state index contributed by atoms with van der Waals surface area (Å²) in [5.41, 5.74) is 4.21. The fourth-order valence-electron chi connectivity index (χ4n) is 2.77. The van der Waals surface area contributed by atoms with Gasteiger partial charge in [-0.05, 0) is 44.2 Å². The van der Waals surface area contributed by atoms with E-state index in [1.807, 2.05) is 13.0 Å². The van der Waals surface area contributed by atoms with Crippen LogP contribution in [0.25, 0.3) is 0 Å². The fraction of sp³-hybridized carbons (Fsp3) is 0.375. The number of aromatic amines is 1. The van der Waals surface area contributed by atoms with Crippen LogP contribution in [0.4, 0.5) is 0 Å². The molecule has 0 fully saturated rings. The third kappa shape index (κ3) is 2.84. The third-order valence-corrected chi connectivity index (χ3v) is 3.90. The number of carbonyl (C=O) groups excluding carboxylic acids is 1. The molecular weight excluding hydrogens is 278 g/mol. The SMILES string of the molecule is Cc1nc(CNC(=O)c2cc(C#N)c[nH]2)nc2c1CCCC2. The van der Waals surface area contributed by atoms with Gasteiger partial charge < -0.3 is 10.3 Å². The molecule has 1 amide bonds. The molecule has 0 saturated heterocycles. The lowest BCUT2D eigenvalue weighted by Crippen LogP contribution is -2.25. The smallest absolute Gasteiger partial charge is 0.268 e. The third-order valence-electron chi connectivity index (χ3n) is 3.90. The maximum atomic E-state index is 12.0. The fourth-order valence-corrected chi connectivity index (χ4v) is 2.77. The lowest BCUT2D eigenvalue weighted by atomic mass is 9.95. The Morgan fingerprint density at radius 2 is 2.23 bits per heavy atom. The average molecular weight is 295 g/mol. The van der Waals surface area contributed by atoms with Gasteiger partial charge in [0, 0.05) is 17.6 Å². The molecule has 2 N–H and O–H groups in total. The van der Waals surface area contributed by atoms with Gasteiger partial charge in [-0.25, -0.2) is 9.97 Å². The molecule has 6 nitrogen and oxygen atoms in total. The lowest BCUT2D eigenvalue weighted by molar-refractivity contribution is 0.0945. The number of aromatic nitrogens is 3. The summed E-state index contributed by atoms with van der Waals surface area (Å²) in [6, 6.07) is 3.50. The molecule has 1 aliphatic rings. The zero-order valence-corrected chi connectivity index (χ0v) is 12.4. The number of rotatable bonds is 3. The van der Waals surface area contributed by atoms with Gasteiger partial charge in [0.15, 0.2) is 0 Å². The van der Waals surface area contributed by atoms with Crippen molar-refractivity contribution in [1.82, 2.24) is 20.3 Å². The summed E-state index contributed by atoms with van der Waals surface area (Å²) in [7, 11) is 0. The van der Waals surface area contributed by atoms with E-state index in [4.69, 9.17) is 5.26 Å². The minimum atomic E-state index is -0.263. The number of nitrogens with zero attached hydrogens (tertiary/aromatic N) is 3. The minimum absolute atomic E-state index is 0.263. The van der Waals surface area contributed by atoms with Gasteiger partial charge in [0.25, 0.3) is 5.91 Å². The van der Waals surface area contributed by atoms with Gasteiger partial charge in [0.2, 0.25) is 0 Å². The molecule has 0 unspecified atom stereocenters.